The fourth-order valence-corrected chi connectivity index (χ4v) is 3.58. The maximum Gasteiger partial charge on any atom is 0.255 e. The third-order valence-electron chi connectivity index (χ3n) is 3.26. The summed E-state index contributed by atoms with van der Waals surface area (Å²) < 4.78 is 6.16. The van der Waals surface area contributed by atoms with E-state index in [1.807, 2.05) is 18.2 Å². The van der Waals surface area contributed by atoms with Gasteiger partial charge in [0.15, 0.2) is 0 Å². The molecule has 0 aliphatic carbocycles. The highest BCUT2D eigenvalue weighted by atomic mass is 79.9. The maximum absolute atomic E-state index is 12.1. The van der Waals surface area contributed by atoms with E-state index in [9.17, 15) is 4.79 Å². The Morgan fingerprint density at radius 2 is 2.30 bits per heavy atom. The molecule has 1 aromatic heterocycles. The molecule has 104 valence electrons. The van der Waals surface area contributed by atoms with E-state index in [0.717, 1.165) is 45.0 Å². The second-order valence-corrected chi connectivity index (χ2v) is 6.45. The fourth-order valence-electron chi connectivity index (χ4n) is 2.19. The second-order valence-electron chi connectivity index (χ2n) is 4.49. The Hall–Kier alpha value is -1.27. The van der Waals surface area contributed by atoms with Crippen LogP contribution in [0, 0.1) is 0 Å². The van der Waals surface area contributed by atoms with Crippen molar-refractivity contribution in [1.82, 2.24) is 9.97 Å². The summed E-state index contributed by atoms with van der Waals surface area (Å²) in [4.78, 5) is 19.6. The van der Waals surface area contributed by atoms with Crippen LogP contribution in [0.15, 0.2) is 27.5 Å². The summed E-state index contributed by atoms with van der Waals surface area (Å²) in [5.74, 6) is 3.10. The number of methoxy groups -OCH3 is 1. The molecule has 1 aliphatic heterocycles. The molecule has 0 bridgehead atoms. The van der Waals surface area contributed by atoms with Crippen LogP contribution in [0.2, 0.25) is 0 Å². The quantitative estimate of drug-likeness (QED) is 0.902. The fraction of sp³-hybridized carbons (Fsp3) is 0.286. The van der Waals surface area contributed by atoms with Gasteiger partial charge in [-0.25, -0.2) is 4.98 Å². The van der Waals surface area contributed by atoms with Crippen molar-refractivity contribution < 1.29 is 4.74 Å². The van der Waals surface area contributed by atoms with E-state index in [4.69, 9.17) is 4.74 Å². The van der Waals surface area contributed by atoms with Crippen LogP contribution in [0.3, 0.4) is 0 Å². The van der Waals surface area contributed by atoms with E-state index in [-0.39, 0.29) is 5.56 Å². The van der Waals surface area contributed by atoms with Crippen molar-refractivity contribution in [3.8, 4) is 17.1 Å². The number of aryl methyl sites for hydroxylation is 1. The smallest absolute Gasteiger partial charge is 0.255 e. The van der Waals surface area contributed by atoms with Gasteiger partial charge < -0.3 is 9.72 Å². The number of hydrogen-bond donors (Lipinski definition) is 1. The van der Waals surface area contributed by atoms with Crippen LogP contribution in [-0.2, 0) is 12.2 Å². The minimum atomic E-state index is -0.0286. The highest BCUT2D eigenvalue weighted by Crippen LogP contribution is 2.29. The van der Waals surface area contributed by atoms with Crippen molar-refractivity contribution in [2.45, 2.75) is 12.2 Å². The number of nitrogens with zero attached hydrogens (tertiary/aromatic N) is 1. The molecule has 6 heteroatoms. The van der Waals surface area contributed by atoms with Gasteiger partial charge in [-0.2, -0.15) is 11.8 Å². The molecule has 1 aliphatic rings. The number of nitrogens with one attached hydrogen (secondary N) is 1. The molecule has 2 heterocycles. The van der Waals surface area contributed by atoms with E-state index in [1.165, 1.54) is 0 Å². The molecule has 0 saturated heterocycles. The minimum absolute atomic E-state index is 0.0286. The van der Waals surface area contributed by atoms with Gasteiger partial charge in [-0.3, -0.25) is 4.79 Å². The highest BCUT2D eigenvalue weighted by molar-refractivity contribution is 9.10. The van der Waals surface area contributed by atoms with Gasteiger partial charge in [0.1, 0.15) is 11.6 Å². The first-order valence-corrected chi connectivity index (χ1v) is 8.17. The number of thioether (sulfide) groups is 1. The van der Waals surface area contributed by atoms with E-state index >= 15 is 0 Å². The number of hydrogen-bond acceptors (Lipinski definition) is 4. The largest absolute Gasteiger partial charge is 0.496 e. The maximum atomic E-state index is 12.1. The van der Waals surface area contributed by atoms with Crippen LogP contribution in [-0.4, -0.2) is 22.8 Å². The van der Waals surface area contributed by atoms with Crippen molar-refractivity contribution >= 4 is 27.7 Å². The topological polar surface area (TPSA) is 55.0 Å². The zero-order valence-corrected chi connectivity index (χ0v) is 13.3. The summed E-state index contributed by atoms with van der Waals surface area (Å²) in [5, 5.41) is 0. The molecular weight excluding hydrogens is 340 g/mol. The van der Waals surface area contributed by atoms with Crippen LogP contribution < -0.4 is 10.3 Å². The van der Waals surface area contributed by atoms with Crippen LogP contribution in [0.4, 0.5) is 0 Å². The Labute approximate surface area is 129 Å². The number of aromatic nitrogens is 2. The first-order chi connectivity index (χ1) is 9.69. The van der Waals surface area contributed by atoms with Crippen LogP contribution in [0.1, 0.15) is 11.3 Å². The lowest BCUT2D eigenvalue weighted by Crippen LogP contribution is -2.21. The number of aromatic amines is 1. The average molecular weight is 353 g/mol. The van der Waals surface area contributed by atoms with Gasteiger partial charge in [0.05, 0.1) is 17.3 Å². The summed E-state index contributed by atoms with van der Waals surface area (Å²) >= 11 is 5.19. The molecule has 1 aromatic carbocycles. The number of fused-ring (bicyclic) bond motifs is 1. The Kier molecular flexibility index (Phi) is 3.85. The lowest BCUT2D eigenvalue weighted by Gasteiger charge is -2.14. The summed E-state index contributed by atoms with van der Waals surface area (Å²) in [5.41, 5.74) is 2.56. The molecule has 0 fully saturated rings. The van der Waals surface area contributed by atoms with Gasteiger partial charge in [0.2, 0.25) is 0 Å². The molecule has 0 saturated carbocycles. The number of halogens is 1. The van der Waals surface area contributed by atoms with E-state index in [1.54, 1.807) is 18.9 Å². The summed E-state index contributed by atoms with van der Waals surface area (Å²) in [6, 6.07) is 5.67. The molecule has 0 radical (unpaired) electrons. The molecule has 2 aromatic rings. The normalized spacial score (nSPS) is 13.9. The lowest BCUT2D eigenvalue weighted by molar-refractivity contribution is 0.412. The van der Waals surface area contributed by atoms with Crippen molar-refractivity contribution in [1.29, 1.82) is 0 Å². The van der Waals surface area contributed by atoms with E-state index in [0.29, 0.717) is 5.82 Å². The van der Waals surface area contributed by atoms with Gasteiger partial charge in [0.25, 0.3) is 5.56 Å². The van der Waals surface area contributed by atoms with Gasteiger partial charge in [-0.15, -0.1) is 0 Å². The van der Waals surface area contributed by atoms with E-state index < -0.39 is 0 Å². The Morgan fingerprint density at radius 3 is 3.10 bits per heavy atom. The third kappa shape index (κ3) is 2.50. The molecule has 0 spiro atoms. The summed E-state index contributed by atoms with van der Waals surface area (Å²) in [6.07, 6.45) is 0.852. The minimum Gasteiger partial charge on any atom is -0.496 e. The van der Waals surface area contributed by atoms with E-state index in [2.05, 4.69) is 25.9 Å². The number of ether oxygens (including phenoxy) is 1. The highest BCUT2D eigenvalue weighted by Gasteiger charge is 2.16. The van der Waals surface area contributed by atoms with Gasteiger partial charge in [-0.05, 0) is 46.3 Å². The van der Waals surface area contributed by atoms with Gasteiger partial charge in [-0.1, -0.05) is 0 Å². The molecule has 20 heavy (non-hydrogen) atoms. The first kappa shape index (κ1) is 13.7. The Balaban J connectivity index is 2.11. The lowest BCUT2D eigenvalue weighted by atomic mass is 10.1. The number of benzene rings is 1. The summed E-state index contributed by atoms with van der Waals surface area (Å²) in [6.45, 7) is 0. The van der Waals surface area contributed by atoms with Crippen LogP contribution >= 0.6 is 27.7 Å². The monoisotopic (exact) mass is 352 g/mol. The van der Waals surface area contributed by atoms with Gasteiger partial charge >= 0.3 is 0 Å². The van der Waals surface area contributed by atoms with Crippen LogP contribution in [0.5, 0.6) is 5.75 Å². The molecular formula is C14H13BrN2O2S. The Morgan fingerprint density at radius 1 is 1.45 bits per heavy atom. The van der Waals surface area contributed by atoms with Crippen molar-refractivity contribution in [3.63, 3.8) is 0 Å². The average Bonchev–Trinajstić information content (AvgIpc) is 2.47. The molecule has 1 N–H and O–H groups in total. The van der Waals surface area contributed by atoms with Gasteiger partial charge in [0, 0.05) is 16.9 Å². The molecule has 0 unspecified atom stereocenters. The molecule has 4 nitrogen and oxygen atoms in total. The Bertz CT molecular complexity index is 715. The molecule has 0 amide bonds. The predicted molar refractivity (Wildman–Crippen MR) is 84.4 cm³/mol. The third-order valence-corrected chi connectivity index (χ3v) is 4.90. The van der Waals surface area contributed by atoms with Crippen molar-refractivity contribution in [3.05, 3.63) is 44.3 Å². The second kappa shape index (κ2) is 5.61. The zero-order chi connectivity index (χ0) is 14.1. The van der Waals surface area contributed by atoms with Crippen molar-refractivity contribution in [2.75, 3.05) is 12.9 Å². The standard InChI is InChI=1S/C14H13BrN2O2S/c1-19-12-6-8(2-3-10(12)15)13-16-11-4-5-20-7-9(11)14(18)17-13/h2-3,6H,4-5,7H2,1H3,(H,16,17,18). The number of H-pyrrole nitrogens is 1. The first-order valence-electron chi connectivity index (χ1n) is 6.23. The zero-order valence-electron chi connectivity index (χ0n) is 10.9. The molecule has 0 atom stereocenters. The SMILES string of the molecule is COc1cc(-c2nc3c(c(=O)[nH]2)CSCC3)ccc1Br. The summed E-state index contributed by atoms with van der Waals surface area (Å²) in [7, 11) is 1.62. The number of rotatable bonds is 2. The van der Waals surface area contributed by atoms with Crippen LogP contribution in [0.25, 0.3) is 11.4 Å². The molecule has 3 rings (SSSR count). The predicted octanol–water partition coefficient (Wildman–Crippen LogP) is 3.00. The van der Waals surface area contributed by atoms with Crippen molar-refractivity contribution in [2.24, 2.45) is 0 Å².